The maximum atomic E-state index is 10.3. The number of carboxylic acids is 1. The van der Waals surface area contributed by atoms with E-state index in [4.69, 9.17) is 5.11 Å². The van der Waals surface area contributed by atoms with E-state index in [0.29, 0.717) is 0 Å². The van der Waals surface area contributed by atoms with Crippen molar-refractivity contribution >= 4 is 5.97 Å². The van der Waals surface area contributed by atoms with E-state index in [1.807, 2.05) is 18.2 Å². The smallest absolute Gasteiger partial charge is 0.303 e. The Kier molecular flexibility index (Phi) is 8.99. The largest absolute Gasteiger partial charge is 0.481 e. The van der Waals surface area contributed by atoms with Crippen molar-refractivity contribution < 1.29 is 9.90 Å². The van der Waals surface area contributed by atoms with Gasteiger partial charge < -0.3 is 5.11 Å². The van der Waals surface area contributed by atoms with Gasteiger partial charge in [0, 0.05) is 6.42 Å². The van der Waals surface area contributed by atoms with E-state index in [-0.39, 0.29) is 6.42 Å². The molecule has 0 fully saturated rings. The Labute approximate surface area is 97.7 Å². The van der Waals surface area contributed by atoms with Gasteiger partial charge in [0.2, 0.25) is 0 Å². The molecule has 0 rings (SSSR count). The number of allylic oxidation sites excluding steroid dienone is 6. The van der Waals surface area contributed by atoms with Gasteiger partial charge >= 0.3 is 5.97 Å². The molecular weight excluding hydrogens is 200 g/mol. The van der Waals surface area contributed by atoms with E-state index in [9.17, 15) is 4.79 Å². The van der Waals surface area contributed by atoms with Gasteiger partial charge in [-0.15, -0.1) is 0 Å². The molecule has 0 aliphatic heterocycles. The van der Waals surface area contributed by atoms with Crippen LogP contribution in [-0.2, 0) is 4.79 Å². The number of carbonyl (C=O) groups is 1. The molecule has 1 N–H and O–H groups in total. The lowest BCUT2D eigenvalue weighted by atomic mass is 10.0. The normalized spacial score (nSPS) is 11.6. The lowest BCUT2D eigenvalue weighted by molar-refractivity contribution is -0.137. The van der Waals surface area contributed by atoms with Crippen molar-refractivity contribution in [2.75, 3.05) is 0 Å². The Bertz CT molecular complexity index is 285. The molecular formula is C14H20O2. The lowest BCUT2D eigenvalue weighted by Crippen LogP contribution is -1.94. The molecule has 0 unspecified atom stereocenters. The first kappa shape index (κ1) is 14.4. The molecule has 0 spiro atoms. The Morgan fingerprint density at radius 2 is 1.81 bits per heavy atom. The molecule has 0 bridgehead atoms. The van der Waals surface area contributed by atoms with Gasteiger partial charge in [0.1, 0.15) is 0 Å². The van der Waals surface area contributed by atoms with Gasteiger partial charge in [-0.3, -0.25) is 4.79 Å². The van der Waals surface area contributed by atoms with Crippen LogP contribution in [0.15, 0.2) is 49.1 Å². The number of aliphatic carboxylic acids is 1. The molecule has 0 aliphatic rings. The second-order valence-electron chi connectivity index (χ2n) is 3.53. The van der Waals surface area contributed by atoms with Crippen LogP contribution in [0.2, 0.25) is 0 Å². The summed E-state index contributed by atoms with van der Waals surface area (Å²) < 4.78 is 0. The molecule has 0 aromatic carbocycles. The monoisotopic (exact) mass is 220 g/mol. The topological polar surface area (TPSA) is 37.3 Å². The third-order valence-electron chi connectivity index (χ3n) is 2.14. The first-order valence-corrected chi connectivity index (χ1v) is 5.50. The summed E-state index contributed by atoms with van der Waals surface area (Å²) in [6.45, 7) is 7.28. The maximum absolute atomic E-state index is 10.3. The molecule has 2 nitrogen and oxygen atoms in total. The van der Waals surface area contributed by atoms with Crippen molar-refractivity contribution in [3.05, 3.63) is 49.1 Å². The zero-order valence-corrected chi connectivity index (χ0v) is 9.69. The second kappa shape index (κ2) is 9.97. The zero-order valence-electron chi connectivity index (χ0n) is 9.69. The van der Waals surface area contributed by atoms with E-state index in [1.165, 1.54) is 5.57 Å². The van der Waals surface area contributed by atoms with Gasteiger partial charge in [-0.05, 0) is 25.7 Å². The molecule has 0 aromatic rings. The van der Waals surface area contributed by atoms with Crippen LogP contribution in [0, 0.1) is 0 Å². The number of carboxylic acid groups (broad SMARTS) is 1. The highest BCUT2D eigenvalue weighted by Gasteiger charge is 1.98. The van der Waals surface area contributed by atoms with Gasteiger partial charge in [-0.2, -0.15) is 0 Å². The van der Waals surface area contributed by atoms with Gasteiger partial charge in [0.15, 0.2) is 0 Å². The van der Waals surface area contributed by atoms with E-state index in [2.05, 4.69) is 13.2 Å². The van der Waals surface area contributed by atoms with Crippen LogP contribution in [0.25, 0.3) is 0 Å². The van der Waals surface area contributed by atoms with Crippen LogP contribution in [0.4, 0.5) is 0 Å². The average Bonchev–Trinajstić information content (AvgIpc) is 2.24. The predicted molar refractivity (Wildman–Crippen MR) is 68.3 cm³/mol. The molecule has 0 amide bonds. The summed E-state index contributed by atoms with van der Waals surface area (Å²) in [6, 6.07) is 0. The minimum absolute atomic E-state index is 0.254. The Morgan fingerprint density at radius 1 is 1.12 bits per heavy atom. The van der Waals surface area contributed by atoms with Crippen LogP contribution in [0.3, 0.4) is 0 Å². The van der Waals surface area contributed by atoms with Crippen molar-refractivity contribution in [3.63, 3.8) is 0 Å². The fourth-order valence-corrected chi connectivity index (χ4v) is 1.36. The molecule has 0 saturated heterocycles. The standard InChI is InChI=1S/C14H20O2/c1-3-5-6-10-13(9-4-2)11-7-8-12-14(15)16/h3-6,9H,1-2,7-8,10-12H2,(H,15,16). The van der Waals surface area contributed by atoms with Crippen molar-refractivity contribution in [3.8, 4) is 0 Å². The summed E-state index contributed by atoms with van der Waals surface area (Å²) in [6.07, 6.45) is 13.2. The zero-order chi connectivity index (χ0) is 12.2. The van der Waals surface area contributed by atoms with E-state index in [0.717, 1.165) is 25.7 Å². The quantitative estimate of drug-likeness (QED) is 0.473. The molecule has 0 aliphatic carbocycles. The van der Waals surface area contributed by atoms with Crippen LogP contribution in [-0.4, -0.2) is 11.1 Å². The van der Waals surface area contributed by atoms with Gasteiger partial charge in [-0.25, -0.2) is 0 Å². The van der Waals surface area contributed by atoms with E-state index < -0.39 is 5.97 Å². The molecule has 0 aromatic heterocycles. The molecule has 88 valence electrons. The highest BCUT2D eigenvalue weighted by atomic mass is 16.4. The molecule has 16 heavy (non-hydrogen) atoms. The molecule has 0 heterocycles. The van der Waals surface area contributed by atoms with Gasteiger partial charge in [0.05, 0.1) is 0 Å². The fraction of sp³-hybridized carbons (Fsp3) is 0.357. The van der Waals surface area contributed by atoms with Gasteiger partial charge in [0.25, 0.3) is 0 Å². The first-order valence-electron chi connectivity index (χ1n) is 5.50. The maximum Gasteiger partial charge on any atom is 0.303 e. The highest BCUT2D eigenvalue weighted by Crippen LogP contribution is 2.13. The Hall–Kier alpha value is -1.57. The summed E-state index contributed by atoms with van der Waals surface area (Å²) in [5.74, 6) is -0.721. The second-order valence-corrected chi connectivity index (χ2v) is 3.53. The summed E-state index contributed by atoms with van der Waals surface area (Å²) in [4.78, 5) is 10.3. The van der Waals surface area contributed by atoms with E-state index >= 15 is 0 Å². The van der Waals surface area contributed by atoms with Crippen LogP contribution in [0.5, 0.6) is 0 Å². The summed E-state index contributed by atoms with van der Waals surface area (Å²) in [5, 5.41) is 8.50. The molecule has 0 radical (unpaired) electrons. The number of hydrogen-bond acceptors (Lipinski definition) is 1. The Balaban J connectivity index is 3.90. The summed E-state index contributed by atoms with van der Waals surface area (Å²) in [5.41, 5.74) is 1.28. The van der Waals surface area contributed by atoms with E-state index in [1.54, 1.807) is 12.2 Å². The molecule has 2 heteroatoms. The highest BCUT2D eigenvalue weighted by molar-refractivity contribution is 5.66. The molecule has 0 atom stereocenters. The van der Waals surface area contributed by atoms with Crippen molar-refractivity contribution in [2.45, 2.75) is 32.1 Å². The summed E-state index contributed by atoms with van der Waals surface area (Å²) in [7, 11) is 0. The van der Waals surface area contributed by atoms with Crippen LogP contribution in [0.1, 0.15) is 32.1 Å². The van der Waals surface area contributed by atoms with Gasteiger partial charge in [-0.1, -0.05) is 49.1 Å². The van der Waals surface area contributed by atoms with Crippen LogP contribution >= 0.6 is 0 Å². The van der Waals surface area contributed by atoms with Crippen molar-refractivity contribution in [2.24, 2.45) is 0 Å². The number of rotatable bonds is 9. The third kappa shape index (κ3) is 9.00. The minimum Gasteiger partial charge on any atom is -0.481 e. The van der Waals surface area contributed by atoms with Crippen molar-refractivity contribution in [1.82, 2.24) is 0 Å². The number of hydrogen-bond donors (Lipinski definition) is 1. The predicted octanol–water partition coefficient (Wildman–Crippen LogP) is 3.88. The average molecular weight is 220 g/mol. The SMILES string of the molecule is C=CC=CCC(=CC=C)CCCCC(=O)O. The lowest BCUT2D eigenvalue weighted by Gasteiger charge is -2.03. The third-order valence-corrected chi connectivity index (χ3v) is 2.14. The van der Waals surface area contributed by atoms with Crippen molar-refractivity contribution in [1.29, 1.82) is 0 Å². The molecule has 0 saturated carbocycles. The minimum atomic E-state index is -0.721. The number of unbranched alkanes of at least 4 members (excludes halogenated alkanes) is 1. The Morgan fingerprint density at radius 3 is 2.38 bits per heavy atom. The first-order chi connectivity index (χ1) is 7.70. The fourth-order valence-electron chi connectivity index (χ4n) is 1.36. The van der Waals surface area contributed by atoms with Crippen LogP contribution < -0.4 is 0 Å². The summed E-state index contributed by atoms with van der Waals surface area (Å²) >= 11 is 0.